The van der Waals surface area contributed by atoms with E-state index in [-0.39, 0.29) is 35.2 Å². The first-order chi connectivity index (χ1) is 16.5. The van der Waals surface area contributed by atoms with Gasteiger partial charge in [-0.15, -0.1) is 5.10 Å². The van der Waals surface area contributed by atoms with E-state index < -0.39 is 43.2 Å². The number of alkyl carbamates (subject to hydrolysis) is 1. The highest BCUT2D eigenvalue weighted by Gasteiger charge is 2.58. The summed E-state index contributed by atoms with van der Waals surface area (Å²) in [6.45, 7) is -1.83. The Morgan fingerprint density at radius 2 is 2.06 bits per heavy atom. The maximum Gasteiger partial charge on any atom is 0.422 e. The normalized spacial score (nSPS) is 29.2. The van der Waals surface area contributed by atoms with Crippen LogP contribution in [0.25, 0.3) is 0 Å². The van der Waals surface area contributed by atoms with Crippen LogP contribution >= 0.6 is 0 Å². The summed E-state index contributed by atoms with van der Waals surface area (Å²) in [4.78, 5) is 24.8. The lowest BCUT2D eigenvalue weighted by molar-refractivity contribution is -0.154. The SMILES string of the molecule is Cn1nc(OCC(F)(F)F)cc1C(=O)Nc1cc([C@@H]2OC[C@H](F)[C@H]2OC(=O)NC23CC(C2)C3)[nH]n1. The van der Waals surface area contributed by atoms with Gasteiger partial charge in [-0.2, -0.15) is 18.3 Å². The van der Waals surface area contributed by atoms with Gasteiger partial charge in [0.1, 0.15) is 11.8 Å². The van der Waals surface area contributed by atoms with Crippen LogP contribution in [0, 0.1) is 5.92 Å². The Morgan fingerprint density at radius 3 is 2.71 bits per heavy atom. The zero-order valence-corrected chi connectivity index (χ0v) is 18.4. The lowest BCUT2D eigenvalue weighted by Gasteiger charge is -2.61. The summed E-state index contributed by atoms with van der Waals surface area (Å²) in [6.07, 6.45) is -6.28. The predicted molar refractivity (Wildman–Crippen MR) is 108 cm³/mol. The molecule has 3 aliphatic carbocycles. The van der Waals surface area contributed by atoms with E-state index in [9.17, 15) is 27.2 Å². The van der Waals surface area contributed by atoms with Crippen molar-refractivity contribution < 1.29 is 41.4 Å². The zero-order valence-electron chi connectivity index (χ0n) is 18.4. The molecule has 1 saturated heterocycles. The molecule has 2 aromatic heterocycles. The van der Waals surface area contributed by atoms with Crippen LogP contribution in [0.5, 0.6) is 5.88 Å². The van der Waals surface area contributed by atoms with Crippen LogP contribution in [-0.4, -0.2) is 69.2 Å². The number of carbonyl (C=O) groups is 2. The van der Waals surface area contributed by atoms with Gasteiger partial charge < -0.3 is 24.8 Å². The Morgan fingerprint density at radius 1 is 1.31 bits per heavy atom. The second-order valence-electron chi connectivity index (χ2n) is 9.08. The molecule has 11 nitrogen and oxygen atoms in total. The number of alkyl halides is 4. The molecule has 0 radical (unpaired) electrons. The highest BCUT2D eigenvalue weighted by molar-refractivity contribution is 6.02. The molecule has 3 atom stereocenters. The summed E-state index contributed by atoms with van der Waals surface area (Å²) in [5.74, 6) is -0.410. The molecule has 0 unspecified atom stereocenters. The first kappa shape index (κ1) is 23.4. The van der Waals surface area contributed by atoms with Gasteiger partial charge in [-0.1, -0.05) is 0 Å². The third-order valence-electron chi connectivity index (χ3n) is 6.36. The number of amides is 2. The number of aryl methyl sites for hydroxylation is 1. The molecule has 3 N–H and O–H groups in total. The summed E-state index contributed by atoms with van der Waals surface area (Å²) in [5, 5.41) is 15.5. The molecule has 1 aliphatic heterocycles. The summed E-state index contributed by atoms with van der Waals surface area (Å²) < 4.78 is 67.7. The molecule has 2 amide bonds. The maximum absolute atomic E-state index is 14.4. The Kier molecular flexibility index (Phi) is 5.61. The van der Waals surface area contributed by atoms with E-state index in [0.29, 0.717) is 5.92 Å². The summed E-state index contributed by atoms with van der Waals surface area (Å²) in [5.41, 5.74) is -0.0423. The van der Waals surface area contributed by atoms with Crippen LogP contribution in [-0.2, 0) is 16.5 Å². The van der Waals surface area contributed by atoms with Gasteiger partial charge in [0.25, 0.3) is 5.91 Å². The topological polar surface area (TPSA) is 132 Å². The minimum atomic E-state index is -4.55. The average molecular weight is 502 g/mol. The number of ether oxygens (including phenoxy) is 3. The number of nitrogens with one attached hydrogen (secondary N) is 3. The van der Waals surface area contributed by atoms with Crippen molar-refractivity contribution in [2.24, 2.45) is 13.0 Å². The second-order valence-corrected chi connectivity index (χ2v) is 9.08. The van der Waals surface area contributed by atoms with Gasteiger partial charge in [-0.25, -0.2) is 9.18 Å². The minimum absolute atomic E-state index is 0.0342. The number of hydrogen-bond acceptors (Lipinski definition) is 7. The number of nitrogens with zero attached hydrogens (tertiary/aromatic N) is 3. The molecule has 15 heteroatoms. The van der Waals surface area contributed by atoms with E-state index in [1.807, 2.05) is 0 Å². The van der Waals surface area contributed by atoms with Crippen LogP contribution in [0.3, 0.4) is 0 Å². The molecule has 3 saturated carbocycles. The zero-order chi connectivity index (χ0) is 25.0. The summed E-state index contributed by atoms with van der Waals surface area (Å²) in [6, 6.07) is 2.43. The number of aromatic amines is 1. The van der Waals surface area contributed by atoms with E-state index >= 15 is 0 Å². The minimum Gasteiger partial charge on any atom is -0.467 e. The van der Waals surface area contributed by atoms with Crippen LogP contribution in [0.2, 0.25) is 0 Å². The Balaban J connectivity index is 1.20. The molecule has 3 heterocycles. The number of aromatic nitrogens is 4. The highest BCUT2D eigenvalue weighted by Crippen LogP contribution is 2.57. The highest BCUT2D eigenvalue weighted by atomic mass is 19.4. The van der Waals surface area contributed by atoms with E-state index in [1.165, 1.54) is 13.1 Å². The van der Waals surface area contributed by atoms with Gasteiger partial charge in [0.15, 0.2) is 24.7 Å². The van der Waals surface area contributed by atoms with E-state index in [4.69, 9.17) is 9.47 Å². The molecule has 35 heavy (non-hydrogen) atoms. The smallest absolute Gasteiger partial charge is 0.422 e. The Labute approximate surface area is 195 Å². The van der Waals surface area contributed by atoms with E-state index in [1.54, 1.807) is 0 Å². The second kappa shape index (κ2) is 8.39. The van der Waals surface area contributed by atoms with Crippen molar-refractivity contribution in [3.05, 3.63) is 23.5 Å². The first-order valence-electron chi connectivity index (χ1n) is 10.8. The Hall–Kier alpha value is -3.36. The van der Waals surface area contributed by atoms with Crippen molar-refractivity contribution in [2.75, 3.05) is 18.5 Å². The van der Waals surface area contributed by atoms with Crippen molar-refractivity contribution in [3.8, 4) is 5.88 Å². The molecule has 4 aliphatic rings. The number of hydrogen-bond donors (Lipinski definition) is 3. The number of anilines is 1. The van der Waals surface area contributed by atoms with Gasteiger partial charge in [0.2, 0.25) is 5.88 Å². The molecular weight excluding hydrogens is 480 g/mol. The van der Waals surface area contributed by atoms with Gasteiger partial charge >= 0.3 is 12.3 Å². The number of carbonyl (C=O) groups excluding carboxylic acids is 2. The van der Waals surface area contributed by atoms with Crippen LogP contribution < -0.4 is 15.4 Å². The van der Waals surface area contributed by atoms with Gasteiger partial charge in [0, 0.05) is 24.7 Å². The molecule has 190 valence electrons. The van der Waals surface area contributed by atoms with Crippen molar-refractivity contribution in [2.45, 2.75) is 49.4 Å². The molecule has 2 aromatic rings. The van der Waals surface area contributed by atoms with Gasteiger partial charge in [-0.3, -0.25) is 14.6 Å². The van der Waals surface area contributed by atoms with E-state index in [2.05, 4.69) is 30.7 Å². The molecular formula is C20H22F4N6O5. The van der Waals surface area contributed by atoms with Gasteiger partial charge in [0.05, 0.1) is 12.3 Å². The maximum atomic E-state index is 14.4. The molecule has 4 fully saturated rings. The standard InChI is InChI=1S/C20H22F4N6O5/c1-30-12(3-14(29-30)34-8-20(22,23)24)17(31)25-13-2-11(27-28-13)16-15(10(21)7-33-16)35-18(32)26-19-4-9(5-19)6-19/h2-3,9-10,15-16H,4-8H2,1H3,(H,26,32)(H2,25,27,28,31)/t9?,10-,15+,16-,19?/m0/s1. The lowest BCUT2D eigenvalue weighted by atomic mass is 9.50. The van der Waals surface area contributed by atoms with Crippen molar-refractivity contribution >= 4 is 17.8 Å². The fraction of sp³-hybridized carbons (Fsp3) is 0.600. The van der Waals surface area contributed by atoms with Crippen LogP contribution in [0.1, 0.15) is 41.5 Å². The lowest BCUT2D eigenvalue weighted by Crippen LogP contribution is -2.68. The van der Waals surface area contributed by atoms with Crippen molar-refractivity contribution in [3.63, 3.8) is 0 Å². The average Bonchev–Trinajstić information content (AvgIpc) is 3.41. The molecule has 2 bridgehead atoms. The monoisotopic (exact) mass is 502 g/mol. The van der Waals surface area contributed by atoms with Crippen LogP contribution in [0.15, 0.2) is 12.1 Å². The molecule has 0 aromatic carbocycles. The summed E-state index contributed by atoms with van der Waals surface area (Å²) in [7, 11) is 1.36. The van der Waals surface area contributed by atoms with Gasteiger partial charge in [-0.05, 0) is 25.2 Å². The molecule has 0 spiro atoms. The fourth-order valence-corrected chi connectivity index (χ4v) is 4.58. The van der Waals surface area contributed by atoms with Crippen molar-refractivity contribution in [1.29, 1.82) is 0 Å². The Bertz CT molecular complexity index is 1120. The van der Waals surface area contributed by atoms with Crippen molar-refractivity contribution in [1.82, 2.24) is 25.3 Å². The predicted octanol–water partition coefficient (Wildman–Crippen LogP) is 2.39. The fourth-order valence-electron chi connectivity index (χ4n) is 4.58. The quantitative estimate of drug-likeness (QED) is 0.496. The van der Waals surface area contributed by atoms with Crippen LogP contribution in [0.4, 0.5) is 28.2 Å². The number of halogens is 4. The van der Waals surface area contributed by atoms with E-state index in [0.717, 1.165) is 30.0 Å². The number of H-pyrrole nitrogens is 1. The third kappa shape index (κ3) is 4.76. The molecule has 6 rings (SSSR count). The summed E-state index contributed by atoms with van der Waals surface area (Å²) >= 11 is 0. The largest absolute Gasteiger partial charge is 0.467 e. The third-order valence-corrected chi connectivity index (χ3v) is 6.36. The number of rotatable bonds is 7. The first-order valence-corrected chi connectivity index (χ1v) is 10.8.